The van der Waals surface area contributed by atoms with Gasteiger partial charge in [-0.3, -0.25) is 0 Å². The molecule has 3 rings (SSSR count). The van der Waals surface area contributed by atoms with E-state index in [0.717, 1.165) is 23.4 Å². The van der Waals surface area contributed by atoms with Gasteiger partial charge >= 0.3 is 6.09 Å². The minimum Gasteiger partial charge on any atom is -0.495 e. The molecule has 0 unspecified atom stereocenters. The molecule has 0 bridgehead atoms. The number of nitrogens with zero attached hydrogens (tertiary/aromatic N) is 1. The highest BCUT2D eigenvalue weighted by Crippen LogP contribution is 2.33. The first kappa shape index (κ1) is 14.8. The fraction of sp³-hybridized carbons (Fsp3) is 0.471. The van der Waals surface area contributed by atoms with Gasteiger partial charge in [0.05, 0.1) is 19.2 Å². The number of benzene rings is 1. The van der Waals surface area contributed by atoms with E-state index in [1.54, 1.807) is 12.0 Å². The molecule has 0 atom stereocenters. The maximum atomic E-state index is 12.2. The standard InChI is InChI=1S/C17H22N2O3/c1-17(2,3)22-16(20)19-9-8-11-12-6-5-7-14(21-4)15(12)18-13(11)10-19/h5-7,18H,8-10H2,1-4H3. The van der Waals surface area contributed by atoms with Gasteiger partial charge in [0.15, 0.2) is 0 Å². The molecule has 0 spiro atoms. The van der Waals surface area contributed by atoms with Gasteiger partial charge in [-0.1, -0.05) is 12.1 Å². The number of H-pyrrole nitrogens is 1. The van der Waals surface area contributed by atoms with Crippen molar-refractivity contribution in [2.75, 3.05) is 13.7 Å². The first-order chi connectivity index (χ1) is 10.4. The summed E-state index contributed by atoms with van der Waals surface area (Å²) in [7, 11) is 1.67. The smallest absolute Gasteiger partial charge is 0.410 e. The summed E-state index contributed by atoms with van der Waals surface area (Å²) in [6.07, 6.45) is 0.561. The summed E-state index contributed by atoms with van der Waals surface area (Å²) in [6, 6.07) is 6.03. The molecule has 1 aromatic carbocycles. The minimum absolute atomic E-state index is 0.260. The number of aromatic nitrogens is 1. The van der Waals surface area contributed by atoms with E-state index < -0.39 is 5.60 Å². The fourth-order valence-corrected chi connectivity index (χ4v) is 2.89. The maximum Gasteiger partial charge on any atom is 0.410 e. The van der Waals surface area contributed by atoms with Crippen LogP contribution in [0.3, 0.4) is 0 Å². The van der Waals surface area contributed by atoms with Crippen LogP contribution in [0, 0.1) is 0 Å². The molecule has 0 fully saturated rings. The maximum absolute atomic E-state index is 12.2. The van der Waals surface area contributed by atoms with Gasteiger partial charge in [0.25, 0.3) is 0 Å². The summed E-state index contributed by atoms with van der Waals surface area (Å²) >= 11 is 0. The van der Waals surface area contributed by atoms with E-state index in [1.807, 2.05) is 32.9 Å². The van der Waals surface area contributed by atoms with Crippen LogP contribution in [0.5, 0.6) is 5.75 Å². The highest BCUT2D eigenvalue weighted by molar-refractivity contribution is 5.90. The van der Waals surface area contributed by atoms with Crippen LogP contribution in [-0.2, 0) is 17.7 Å². The lowest BCUT2D eigenvalue weighted by molar-refractivity contribution is 0.0222. The molecule has 1 aliphatic rings. The topological polar surface area (TPSA) is 54.6 Å². The number of carbonyl (C=O) groups excluding carboxylic acids is 1. The number of rotatable bonds is 1. The number of fused-ring (bicyclic) bond motifs is 3. The number of ether oxygens (including phenoxy) is 2. The second-order valence-electron chi connectivity index (χ2n) is 6.62. The Morgan fingerprint density at radius 2 is 2.09 bits per heavy atom. The van der Waals surface area contributed by atoms with Crippen LogP contribution in [0.2, 0.25) is 0 Å². The van der Waals surface area contributed by atoms with Crippen molar-refractivity contribution >= 4 is 17.0 Å². The van der Waals surface area contributed by atoms with Gasteiger partial charge in [-0.15, -0.1) is 0 Å². The second kappa shape index (κ2) is 5.23. The summed E-state index contributed by atoms with van der Waals surface area (Å²) < 4.78 is 10.9. The third-order valence-corrected chi connectivity index (χ3v) is 3.84. The van der Waals surface area contributed by atoms with Crippen LogP contribution in [0.4, 0.5) is 4.79 Å². The van der Waals surface area contributed by atoms with Gasteiger partial charge in [-0.25, -0.2) is 4.79 Å². The molecule has 5 heteroatoms. The molecule has 2 aromatic rings. The molecule has 0 radical (unpaired) electrons. The molecule has 5 nitrogen and oxygen atoms in total. The van der Waals surface area contributed by atoms with E-state index in [1.165, 1.54) is 10.9 Å². The van der Waals surface area contributed by atoms with Gasteiger partial charge in [-0.2, -0.15) is 0 Å². The molecule has 0 saturated carbocycles. The average molecular weight is 302 g/mol. The van der Waals surface area contributed by atoms with Crippen molar-refractivity contribution in [2.45, 2.75) is 39.3 Å². The fourth-order valence-electron chi connectivity index (χ4n) is 2.89. The van der Waals surface area contributed by atoms with Crippen molar-refractivity contribution in [3.05, 3.63) is 29.5 Å². The van der Waals surface area contributed by atoms with E-state index in [0.29, 0.717) is 13.1 Å². The summed E-state index contributed by atoms with van der Waals surface area (Å²) in [5.41, 5.74) is 2.87. The Morgan fingerprint density at radius 3 is 2.77 bits per heavy atom. The van der Waals surface area contributed by atoms with Crippen LogP contribution >= 0.6 is 0 Å². The largest absolute Gasteiger partial charge is 0.495 e. The van der Waals surface area contributed by atoms with Crippen molar-refractivity contribution in [1.82, 2.24) is 9.88 Å². The number of aromatic amines is 1. The van der Waals surface area contributed by atoms with Crippen molar-refractivity contribution in [3.63, 3.8) is 0 Å². The van der Waals surface area contributed by atoms with Gasteiger partial charge in [0.2, 0.25) is 0 Å². The summed E-state index contributed by atoms with van der Waals surface area (Å²) in [4.78, 5) is 17.4. The van der Waals surface area contributed by atoms with Crippen LogP contribution in [0.25, 0.3) is 10.9 Å². The third-order valence-electron chi connectivity index (χ3n) is 3.84. The molecule has 1 N–H and O–H groups in total. The zero-order chi connectivity index (χ0) is 15.9. The molecule has 118 valence electrons. The molecule has 1 amide bonds. The molecular formula is C17H22N2O3. The number of nitrogens with one attached hydrogen (secondary N) is 1. The molecule has 1 aliphatic heterocycles. The lowest BCUT2D eigenvalue weighted by Crippen LogP contribution is -2.39. The predicted octanol–water partition coefficient (Wildman–Crippen LogP) is 3.47. The van der Waals surface area contributed by atoms with Gasteiger partial charge in [-0.05, 0) is 38.8 Å². The molecule has 0 saturated heterocycles. The van der Waals surface area contributed by atoms with E-state index >= 15 is 0 Å². The van der Waals surface area contributed by atoms with E-state index in [9.17, 15) is 4.79 Å². The van der Waals surface area contributed by atoms with E-state index in [2.05, 4.69) is 11.1 Å². The number of methoxy groups -OCH3 is 1. The Labute approximate surface area is 130 Å². The third kappa shape index (κ3) is 2.63. The molecule has 22 heavy (non-hydrogen) atoms. The predicted molar refractivity (Wildman–Crippen MR) is 85.2 cm³/mol. The molecule has 2 heterocycles. The Morgan fingerprint density at radius 1 is 1.32 bits per heavy atom. The van der Waals surface area contributed by atoms with Crippen molar-refractivity contribution in [2.24, 2.45) is 0 Å². The van der Waals surface area contributed by atoms with E-state index in [4.69, 9.17) is 9.47 Å². The van der Waals surface area contributed by atoms with Crippen molar-refractivity contribution in [1.29, 1.82) is 0 Å². The zero-order valence-corrected chi connectivity index (χ0v) is 13.5. The zero-order valence-electron chi connectivity index (χ0n) is 13.5. The Bertz CT molecular complexity index is 712. The SMILES string of the molecule is COc1cccc2c3c([nH]c12)CN(C(=O)OC(C)(C)C)CC3. The number of hydrogen-bond donors (Lipinski definition) is 1. The van der Waals surface area contributed by atoms with Crippen LogP contribution < -0.4 is 4.74 Å². The number of para-hydroxylation sites is 1. The second-order valence-corrected chi connectivity index (χ2v) is 6.62. The Kier molecular flexibility index (Phi) is 3.51. The molecule has 0 aliphatic carbocycles. The van der Waals surface area contributed by atoms with Crippen LogP contribution in [0.1, 0.15) is 32.0 Å². The molecule has 1 aromatic heterocycles. The number of amides is 1. The lowest BCUT2D eigenvalue weighted by atomic mass is 10.0. The minimum atomic E-state index is -0.471. The number of hydrogen-bond acceptors (Lipinski definition) is 3. The quantitative estimate of drug-likeness (QED) is 0.877. The van der Waals surface area contributed by atoms with E-state index in [-0.39, 0.29) is 6.09 Å². The monoisotopic (exact) mass is 302 g/mol. The first-order valence-corrected chi connectivity index (χ1v) is 7.53. The molecular weight excluding hydrogens is 280 g/mol. The summed E-state index contributed by atoms with van der Waals surface area (Å²) in [6.45, 7) is 6.87. The highest BCUT2D eigenvalue weighted by Gasteiger charge is 2.28. The highest BCUT2D eigenvalue weighted by atomic mass is 16.6. The van der Waals surface area contributed by atoms with Crippen LogP contribution in [-0.4, -0.2) is 35.2 Å². The summed E-state index contributed by atoms with van der Waals surface area (Å²) in [5.74, 6) is 0.829. The lowest BCUT2D eigenvalue weighted by Gasteiger charge is -2.30. The van der Waals surface area contributed by atoms with Gasteiger partial charge in [0.1, 0.15) is 11.4 Å². The van der Waals surface area contributed by atoms with Crippen LogP contribution in [0.15, 0.2) is 18.2 Å². The van der Waals surface area contributed by atoms with Gasteiger partial charge in [0, 0.05) is 17.6 Å². The van der Waals surface area contributed by atoms with Gasteiger partial charge < -0.3 is 19.4 Å². The Hall–Kier alpha value is -2.17. The summed E-state index contributed by atoms with van der Waals surface area (Å²) in [5, 5.41) is 1.18. The van der Waals surface area contributed by atoms with Crippen molar-refractivity contribution < 1.29 is 14.3 Å². The Balaban J connectivity index is 1.89. The normalized spacial score (nSPS) is 14.8. The first-order valence-electron chi connectivity index (χ1n) is 7.53. The van der Waals surface area contributed by atoms with Crippen molar-refractivity contribution in [3.8, 4) is 5.75 Å². The average Bonchev–Trinajstić information content (AvgIpc) is 2.82. The number of carbonyl (C=O) groups is 1.